The number of hydrogen-bond acceptors (Lipinski definition) is 6. The van der Waals surface area contributed by atoms with Crippen molar-refractivity contribution in [3.8, 4) is 0 Å². The Morgan fingerprint density at radius 1 is 1.16 bits per heavy atom. The summed E-state index contributed by atoms with van der Waals surface area (Å²) in [4.78, 5) is 38.0. The number of halogens is 1. The molecule has 0 spiro atoms. The summed E-state index contributed by atoms with van der Waals surface area (Å²) < 4.78 is 0.908. The normalized spacial score (nSPS) is 18.7. The quantitative estimate of drug-likeness (QED) is 0.567. The van der Waals surface area contributed by atoms with Crippen LogP contribution in [0.2, 0.25) is 0 Å². The fourth-order valence-corrected chi connectivity index (χ4v) is 4.61. The van der Waals surface area contributed by atoms with E-state index in [1.54, 1.807) is 4.90 Å². The molecule has 1 atom stereocenters. The van der Waals surface area contributed by atoms with Gasteiger partial charge in [0.15, 0.2) is 0 Å². The van der Waals surface area contributed by atoms with Gasteiger partial charge < -0.3 is 20.4 Å². The van der Waals surface area contributed by atoms with Gasteiger partial charge in [-0.05, 0) is 44.4 Å². The first-order chi connectivity index (χ1) is 15.5. The molecule has 2 N–H and O–H groups in total. The van der Waals surface area contributed by atoms with Gasteiger partial charge in [0.2, 0.25) is 11.8 Å². The number of aryl methyl sites for hydroxylation is 1. The van der Waals surface area contributed by atoms with Gasteiger partial charge in [0.05, 0.1) is 5.92 Å². The van der Waals surface area contributed by atoms with Gasteiger partial charge in [-0.15, -0.1) is 0 Å². The Hall–Kier alpha value is -2.68. The molecule has 2 saturated heterocycles. The highest BCUT2D eigenvalue weighted by Gasteiger charge is 2.35. The molecule has 1 unspecified atom stereocenters. The van der Waals surface area contributed by atoms with Gasteiger partial charge in [-0.3, -0.25) is 9.59 Å². The smallest absolute Gasteiger partial charge is 0.227 e. The van der Waals surface area contributed by atoms with Crippen molar-refractivity contribution in [3.63, 3.8) is 0 Å². The van der Waals surface area contributed by atoms with E-state index in [4.69, 9.17) is 0 Å². The molecule has 0 saturated carbocycles. The molecule has 8 nitrogen and oxygen atoms in total. The Balaban J connectivity index is 1.26. The van der Waals surface area contributed by atoms with E-state index >= 15 is 0 Å². The van der Waals surface area contributed by atoms with Crippen LogP contribution in [0.3, 0.4) is 0 Å². The van der Waals surface area contributed by atoms with Crippen LogP contribution in [0.15, 0.2) is 34.8 Å². The molecule has 2 fully saturated rings. The van der Waals surface area contributed by atoms with Gasteiger partial charge in [0, 0.05) is 55.4 Å². The van der Waals surface area contributed by atoms with Gasteiger partial charge >= 0.3 is 0 Å². The average molecular weight is 501 g/mol. The summed E-state index contributed by atoms with van der Waals surface area (Å²) in [6.45, 7) is 5.37. The molecule has 9 heteroatoms. The number of carbonyl (C=O) groups excluding carboxylic acids is 2. The summed E-state index contributed by atoms with van der Waals surface area (Å²) >= 11 is 3.43. The zero-order valence-corrected chi connectivity index (χ0v) is 19.9. The summed E-state index contributed by atoms with van der Waals surface area (Å²) in [5.41, 5.74) is 0.810. The molecule has 2 amide bonds. The van der Waals surface area contributed by atoms with Crippen LogP contribution in [-0.4, -0.2) is 54.5 Å². The van der Waals surface area contributed by atoms with Gasteiger partial charge in [-0.25, -0.2) is 9.97 Å². The van der Waals surface area contributed by atoms with E-state index < -0.39 is 0 Å². The molecule has 2 aliphatic heterocycles. The summed E-state index contributed by atoms with van der Waals surface area (Å²) in [7, 11) is 0. The second-order valence-electron chi connectivity index (χ2n) is 8.31. The van der Waals surface area contributed by atoms with Gasteiger partial charge in [-0.1, -0.05) is 22.0 Å². The van der Waals surface area contributed by atoms with Crippen LogP contribution in [0.4, 0.5) is 17.3 Å². The second-order valence-corrected chi connectivity index (χ2v) is 9.23. The van der Waals surface area contributed by atoms with Crippen molar-refractivity contribution in [2.45, 2.75) is 32.6 Å². The maximum absolute atomic E-state index is 12.6. The molecule has 0 bridgehead atoms. The molecule has 0 aliphatic carbocycles. The topological polar surface area (TPSA) is 90.5 Å². The van der Waals surface area contributed by atoms with Crippen LogP contribution in [0, 0.1) is 12.8 Å². The first-order valence-corrected chi connectivity index (χ1v) is 12.0. The third-order valence-corrected chi connectivity index (χ3v) is 6.34. The largest absolute Gasteiger partial charge is 0.368 e. The van der Waals surface area contributed by atoms with E-state index in [-0.39, 0.29) is 24.2 Å². The number of piperidine rings is 1. The fourth-order valence-electron chi connectivity index (χ4n) is 4.22. The van der Waals surface area contributed by atoms with Crippen molar-refractivity contribution >= 4 is 45.1 Å². The lowest BCUT2D eigenvalue weighted by Crippen LogP contribution is -2.35. The van der Waals surface area contributed by atoms with Crippen molar-refractivity contribution in [3.05, 3.63) is 40.6 Å². The molecule has 1 aromatic heterocycles. The molecule has 3 heterocycles. The summed E-state index contributed by atoms with van der Waals surface area (Å²) in [5.74, 6) is 2.00. The zero-order chi connectivity index (χ0) is 22.5. The Morgan fingerprint density at radius 3 is 2.75 bits per heavy atom. The van der Waals surface area contributed by atoms with E-state index in [2.05, 4.69) is 41.4 Å². The van der Waals surface area contributed by atoms with Crippen LogP contribution in [0.1, 0.15) is 31.5 Å². The van der Waals surface area contributed by atoms with E-state index in [1.165, 1.54) is 19.3 Å². The monoisotopic (exact) mass is 500 g/mol. The molecular formula is C23H29BrN6O2. The minimum atomic E-state index is -0.339. The second kappa shape index (κ2) is 10.3. The highest BCUT2D eigenvalue weighted by Crippen LogP contribution is 2.27. The lowest BCUT2D eigenvalue weighted by atomic mass is 10.1. The van der Waals surface area contributed by atoms with Crippen LogP contribution >= 0.6 is 15.9 Å². The predicted molar refractivity (Wildman–Crippen MR) is 129 cm³/mol. The average Bonchev–Trinajstić information content (AvgIpc) is 3.18. The van der Waals surface area contributed by atoms with E-state index in [1.807, 2.05) is 37.3 Å². The number of benzene rings is 1. The Labute approximate surface area is 196 Å². The van der Waals surface area contributed by atoms with Crippen LogP contribution in [0.25, 0.3) is 0 Å². The van der Waals surface area contributed by atoms with Crippen LogP contribution in [0.5, 0.6) is 0 Å². The molecule has 2 aromatic rings. The van der Waals surface area contributed by atoms with Gasteiger partial charge in [0.25, 0.3) is 0 Å². The number of amides is 2. The van der Waals surface area contributed by atoms with E-state index in [0.29, 0.717) is 19.6 Å². The Bertz CT molecular complexity index is 979. The van der Waals surface area contributed by atoms with Crippen LogP contribution < -0.4 is 20.4 Å². The lowest BCUT2D eigenvalue weighted by Gasteiger charge is -2.28. The summed E-state index contributed by atoms with van der Waals surface area (Å²) in [6.07, 6.45) is 3.90. The third kappa shape index (κ3) is 5.56. The van der Waals surface area contributed by atoms with E-state index in [9.17, 15) is 9.59 Å². The predicted octanol–water partition coefficient (Wildman–Crippen LogP) is 3.12. The zero-order valence-electron chi connectivity index (χ0n) is 18.3. The number of aromatic nitrogens is 2. The first-order valence-electron chi connectivity index (χ1n) is 11.2. The van der Waals surface area contributed by atoms with Gasteiger partial charge in [0.1, 0.15) is 17.5 Å². The molecule has 1 aromatic carbocycles. The minimum absolute atomic E-state index is 0.0249. The maximum Gasteiger partial charge on any atom is 0.227 e. The summed E-state index contributed by atoms with van der Waals surface area (Å²) in [6, 6.07) is 9.55. The third-order valence-electron chi connectivity index (χ3n) is 5.85. The molecule has 4 rings (SSSR count). The lowest BCUT2D eigenvalue weighted by molar-refractivity contribution is -0.126. The Morgan fingerprint density at radius 2 is 1.97 bits per heavy atom. The molecule has 2 aliphatic rings. The van der Waals surface area contributed by atoms with Crippen LogP contribution in [-0.2, 0) is 9.59 Å². The number of hydrogen-bond donors (Lipinski definition) is 2. The van der Waals surface area contributed by atoms with Crippen molar-refractivity contribution < 1.29 is 9.59 Å². The number of nitrogens with zero attached hydrogens (tertiary/aromatic N) is 4. The summed E-state index contributed by atoms with van der Waals surface area (Å²) in [5, 5.41) is 6.23. The Kier molecular flexibility index (Phi) is 7.24. The van der Waals surface area contributed by atoms with Crippen molar-refractivity contribution in [1.82, 2.24) is 15.3 Å². The standard InChI is InChI=1S/C23H29BrN6O2/c1-16-27-20(14-21(28-16)29-10-3-2-4-11-29)25-8-9-26-23(32)17-12-22(31)30(15-17)19-7-5-6-18(24)13-19/h5-7,13-14,17H,2-4,8-12,15H2,1H3,(H,26,32)(H,25,27,28). The molecular weight excluding hydrogens is 472 g/mol. The SMILES string of the molecule is Cc1nc(NCCNC(=O)C2CC(=O)N(c3cccc(Br)c3)C2)cc(N2CCCCC2)n1. The van der Waals surface area contributed by atoms with Crippen molar-refractivity contribution in [2.75, 3.05) is 47.8 Å². The highest BCUT2D eigenvalue weighted by atomic mass is 79.9. The number of nitrogens with one attached hydrogen (secondary N) is 2. The maximum atomic E-state index is 12.6. The molecule has 170 valence electrons. The first kappa shape index (κ1) is 22.5. The van der Waals surface area contributed by atoms with Crippen molar-refractivity contribution in [2.24, 2.45) is 5.92 Å². The number of anilines is 3. The van der Waals surface area contributed by atoms with Gasteiger partial charge in [-0.2, -0.15) is 0 Å². The number of carbonyl (C=O) groups is 2. The highest BCUT2D eigenvalue weighted by molar-refractivity contribution is 9.10. The van der Waals surface area contributed by atoms with E-state index in [0.717, 1.165) is 40.7 Å². The fraction of sp³-hybridized carbons (Fsp3) is 0.478. The number of rotatable bonds is 7. The van der Waals surface area contributed by atoms with Crippen molar-refractivity contribution in [1.29, 1.82) is 0 Å². The minimum Gasteiger partial charge on any atom is -0.368 e. The molecule has 0 radical (unpaired) electrons. The molecule has 32 heavy (non-hydrogen) atoms.